The number of hydrogen-bond donors (Lipinski definition) is 0. The van der Waals surface area contributed by atoms with Crippen LogP contribution in [0.5, 0.6) is 0 Å². The second kappa shape index (κ2) is 9.02. The smallest absolute Gasteiger partial charge is 0.233 e. The minimum atomic E-state index is 0.0240. The van der Waals surface area contributed by atoms with Crippen LogP contribution in [0.4, 0.5) is 0 Å². The molecule has 6 nitrogen and oxygen atoms in total. The Hall–Kier alpha value is -2.41. The molecule has 126 valence electrons. The van der Waals surface area contributed by atoms with Crippen molar-refractivity contribution in [3.8, 4) is 11.4 Å². The standard InChI is InChI=1S/C17H21N5OS/c1-4-11-21(12-5-2)15(23)13-24-17-20-19-16(22(17)6-3)14-7-9-18-10-8-14/h4-5,7-10H,1-2,6,11-13H2,3H3. The van der Waals surface area contributed by atoms with Crippen LogP contribution in [0.15, 0.2) is 55.0 Å². The van der Waals surface area contributed by atoms with Crippen molar-refractivity contribution in [2.45, 2.75) is 18.6 Å². The largest absolute Gasteiger partial charge is 0.335 e. The minimum absolute atomic E-state index is 0.0240. The molecule has 7 heteroatoms. The highest BCUT2D eigenvalue weighted by Crippen LogP contribution is 2.23. The van der Waals surface area contributed by atoms with Crippen molar-refractivity contribution in [1.82, 2.24) is 24.6 Å². The summed E-state index contributed by atoms with van der Waals surface area (Å²) in [6, 6.07) is 3.79. The number of rotatable bonds is 9. The quantitative estimate of drug-likeness (QED) is 0.517. The molecule has 0 fully saturated rings. The van der Waals surface area contributed by atoms with E-state index in [0.29, 0.717) is 18.8 Å². The predicted molar refractivity (Wildman–Crippen MR) is 96.6 cm³/mol. The second-order valence-electron chi connectivity index (χ2n) is 4.95. The summed E-state index contributed by atoms with van der Waals surface area (Å²) in [4.78, 5) is 18.0. The van der Waals surface area contributed by atoms with E-state index in [1.807, 2.05) is 23.6 Å². The molecule has 0 aromatic carbocycles. The van der Waals surface area contributed by atoms with Crippen LogP contribution in [0.2, 0.25) is 0 Å². The van der Waals surface area contributed by atoms with Crippen molar-refractivity contribution in [1.29, 1.82) is 0 Å². The van der Waals surface area contributed by atoms with Gasteiger partial charge in [-0.15, -0.1) is 23.4 Å². The summed E-state index contributed by atoms with van der Waals surface area (Å²) in [6.07, 6.45) is 6.87. The van der Waals surface area contributed by atoms with Gasteiger partial charge in [-0.3, -0.25) is 9.78 Å². The number of aromatic nitrogens is 4. The van der Waals surface area contributed by atoms with E-state index in [1.165, 1.54) is 11.8 Å². The molecule has 0 aliphatic rings. The van der Waals surface area contributed by atoms with E-state index < -0.39 is 0 Å². The maximum absolute atomic E-state index is 12.3. The second-order valence-corrected chi connectivity index (χ2v) is 5.89. The third-order valence-corrected chi connectivity index (χ3v) is 4.30. The van der Waals surface area contributed by atoms with Gasteiger partial charge in [-0.05, 0) is 19.1 Å². The molecule has 0 bridgehead atoms. The third kappa shape index (κ3) is 4.32. The van der Waals surface area contributed by atoms with Gasteiger partial charge in [0.1, 0.15) is 0 Å². The molecule has 0 unspecified atom stereocenters. The Labute approximate surface area is 146 Å². The Morgan fingerprint density at radius 1 is 1.25 bits per heavy atom. The molecule has 0 N–H and O–H groups in total. The topological polar surface area (TPSA) is 63.9 Å². The van der Waals surface area contributed by atoms with Gasteiger partial charge >= 0.3 is 0 Å². The van der Waals surface area contributed by atoms with Gasteiger partial charge in [0.15, 0.2) is 11.0 Å². The van der Waals surface area contributed by atoms with E-state index in [2.05, 4.69) is 28.3 Å². The number of hydrogen-bond acceptors (Lipinski definition) is 5. The van der Waals surface area contributed by atoms with E-state index in [0.717, 1.165) is 23.1 Å². The molecular weight excluding hydrogens is 322 g/mol. The van der Waals surface area contributed by atoms with Gasteiger partial charge in [0, 0.05) is 37.6 Å². The maximum Gasteiger partial charge on any atom is 0.233 e. The monoisotopic (exact) mass is 343 g/mol. The zero-order valence-electron chi connectivity index (χ0n) is 13.8. The van der Waals surface area contributed by atoms with Gasteiger partial charge in [0.05, 0.1) is 5.75 Å². The third-order valence-electron chi connectivity index (χ3n) is 3.35. The van der Waals surface area contributed by atoms with Crippen molar-refractivity contribution < 1.29 is 4.79 Å². The summed E-state index contributed by atoms with van der Waals surface area (Å²) in [6.45, 7) is 11.1. The number of amides is 1. The fourth-order valence-electron chi connectivity index (χ4n) is 2.20. The van der Waals surface area contributed by atoms with E-state index in [9.17, 15) is 4.79 Å². The molecule has 1 amide bonds. The van der Waals surface area contributed by atoms with Crippen LogP contribution < -0.4 is 0 Å². The summed E-state index contributed by atoms with van der Waals surface area (Å²) in [7, 11) is 0. The number of nitrogens with zero attached hydrogens (tertiary/aromatic N) is 5. The first-order valence-electron chi connectivity index (χ1n) is 7.67. The SMILES string of the molecule is C=CCN(CC=C)C(=O)CSc1nnc(-c2ccncc2)n1CC. The summed E-state index contributed by atoms with van der Waals surface area (Å²) in [5.74, 6) is 1.11. The Morgan fingerprint density at radius 3 is 2.50 bits per heavy atom. The van der Waals surface area contributed by atoms with Crippen LogP contribution in [0.25, 0.3) is 11.4 Å². The first-order chi connectivity index (χ1) is 11.7. The Kier molecular flexibility index (Phi) is 6.74. The number of carbonyl (C=O) groups is 1. The Morgan fingerprint density at radius 2 is 1.92 bits per heavy atom. The molecule has 0 spiro atoms. The van der Waals surface area contributed by atoms with E-state index in [4.69, 9.17) is 0 Å². The molecule has 0 aliphatic carbocycles. The predicted octanol–water partition coefficient (Wildman–Crippen LogP) is 2.65. The van der Waals surface area contributed by atoms with Crippen LogP contribution in [-0.2, 0) is 11.3 Å². The molecule has 2 aromatic heterocycles. The molecule has 0 aliphatic heterocycles. The summed E-state index contributed by atoms with van der Waals surface area (Å²) < 4.78 is 2.00. The van der Waals surface area contributed by atoms with Crippen LogP contribution in [0.3, 0.4) is 0 Å². The molecular formula is C17H21N5OS. The minimum Gasteiger partial charge on any atom is -0.335 e. The van der Waals surface area contributed by atoms with Crippen LogP contribution in [-0.4, -0.2) is 49.4 Å². The van der Waals surface area contributed by atoms with Gasteiger partial charge in [-0.25, -0.2) is 0 Å². The number of thioether (sulfide) groups is 1. The Bertz CT molecular complexity index is 688. The zero-order chi connectivity index (χ0) is 17.4. The van der Waals surface area contributed by atoms with Crippen molar-refractivity contribution in [3.05, 3.63) is 49.8 Å². The van der Waals surface area contributed by atoms with E-state index in [1.54, 1.807) is 29.4 Å². The molecule has 0 saturated heterocycles. The van der Waals surface area contributed by atoms with Gasteiger partial charge in [-0.2, -0.15) is 0 Å². The summed E-state index contributed by atoms with van der Waals surface area (Å²) in [5.41, 5.74) is 0.956. The molecule has 2 rings (SSSR count). The lowest BCUT2D eigenvalue weighted by molar-refractivity contribution is -0.127. The van der Waals surface area contributed by atoms with Gasteiger partial charge in [0.25, 0.3) is 0 Å². The molecule has 2 heterocycles. The molecule has 0 atom stereocenters. The van der Waals surface area contributed by atoms with E-state index in [-0.39, 0.29) is 5.91 Å². The summed E-state index contributed by atoms with van der Waals surface area (Å²) >= 11 is 1.39. The van der Waals surface area contributed by atoms with Crippen molar-refractivity contribution >= 4 is 17.7 Å². The maximum atomic E-state index is 12.3. The lowest BCUT2D eigenvalue weighted by Crippen LogP contribution is -2.32. The van der Waals surface area contributed by atoms with Crippen LogP contribution in [0.1, 0.15) is 6.92 Å². The highest BCUT2D eigenvalue weighted by Gasteiger charge is 2.16. The van der Waals surface area contributed by atoms with Gasteiger partial charge < -0.3 is 9.47 Å². The molecule has 24 heavy (non-hydrogen) atoms. The fraction of sp³-hybridized carbons (Fsp3) is 0.294. The fourth-order valence-corrected chi connectivity index (χ4v) is 3.11. The number of pyridine rings is 1. The zero-order valence-corrected chi connectivity index (χ0v) is 14.6. The summed E-state index contributed by atoms with van der Waals surface area (Å²) in [5, 5.41) is 9.22. The van der Waals surface area contributed by atoms with Crippen LogP contribution >= 0.6 is 11.8 Å². The average Bonchev–Trinajstić information content (AvgIpc) is 3.03. The van der Waals surface area contributed by atoms with Gasteiger partial charge in [0.2, 0.25) is 5.91 Å². The highest BCUT2D eigenvalue weighted by molar-refractivity contribution is 7.99. The molecule has 0 saturated carbocycles. The highest BCUT2D eigenvalue weighted by atomic mass is 32.2. The van der Waals surface area contributed by atoms with Gasteiger partial charge in [-0.1, -0.05) is 23.9 Å². The number of carbonyl (C=O) groups excluding carboxylic acids is 1. The normalized spacial score (nSPS) is 10.4. The lowest BCUT2D eigenvalue weighted by atomic mass is 10.2. The van der Waals surface area contributed by atoms with Crippen molar-refractivity contribution in [2.24, 2.45) is 0 Å². The molecule has 2 aromatic rings. The molecule has 0 radical (unpaired) electrons. The first kappa shape index (κ1) is 17.9. The Balaban J connectivity index is 2.10. The lowest BCUT2D eigenvalue weighted by Gasteiger charge is -2.18. The first-order valence-corrected chi connectivity index (χ1v) is 8.65. The average molecular weight is 343 g/mol. The van der Waals surface area contributed by atoms with E-state index >= 15 is 0 Å². The van der Waals surface area contributed by atoms with Crippen molar-refractivity contribution in [2.75, 3.05) is 18.8 Å². The van der Waals surface area contributed by atoms with Crippen molar-refractivity contribution in [3.63, 3.8) is 0 Å². The van der Waals surface area contributed by atoms with Crippen LogP contribution in [0, 0.1) is 0 Å².